The monoisotopic (exact) mass is 315 g/mol. The van der Waals surface area contributed by atoms with E-state index < -0.39 is 12.1 Å². The highest BCUT2D eigenvalue weighted by atomic mass is 16.5. The second kappa shape index (κ2) is 7.65. The molecule has 2 N–H and O–H groups in total. The van der Waals surface area contributed by atoms with E-state index in [0.29, 0.717) is 17.1 Å². The summed E-state index contributed by atoms with van der Waals surface area (Å²) in [6, 6.07) is 13.7. The normalized spacial score (nSPS) is 13.0. The maximum Gasteiger partial charge on any atom is 0.251 e. The second-order valence-electron chi connectivity index (χ2n) is 5.22. The van der Waals surface area contributed by atoms with Crippen molar-refractivity contribution < 1.29 is 19.4 Å². The minimum atomic E-state index is -0.785. The van der Waals surface area contributed by atoms with Crippen molar-refractivity contribution in [1.82, 2.24) is 5.32 Å². The van der Waals surface area contributed by atoms with Crippen LogP contribution in [-0.4, -0.2) is 31.3 Å². The van der Waals surface area contributed by atoms with Crippen LogP contribution in [-0.2, 0) is 0 Å². The Morgan fingerprint density at radius 3 is 2.13 bits per heavy atom. The van der Waals surface area contributed by atoms with E-state index in [4.69, 9.17) is 9.47 Å². The molecule has 2 aromatic carbocycles. The molecule has 0 bridgehead atoms. The molecule has 23 heavy (non-hydrogen) atoms. The van der Waals surface area contributed by atoms with Crippen molar-refractivity contribution in [2.45, 2.75) is 19.1 Å². The minimum absolute atomic E-state index is 0.301. The van der Waals surface area contributed by atoms with Gasteiger partial charge >= 0.3 is 0 Å². The van der Waals surface area contributed by atoms with Gasteiger partial charge in [-0.3, -0.25) is 4.79 Å². The van der Waals surface area contributed by atoms with Gasteiger partial charge in [-0.05, 0) is 24.6 Å². The van der Waals surface area contributed by atoms with Gasteiger partial charge in [0.1, 0.15) is 11.5 Å². The summed E-state index contributed by atoms with van der Waals surface area (Å²) in [5.74, 6) is 0.765. The first kappa shape index (κ1) is 16.8. The summed E-state index contributed by atoms with van der Waals surface area (Å²) in [5.41, 5.74) is 1.16. The van der Waals surface area contributed by atoms with Crippen LogP contribution in [0.4, 0.5) is 0 Å². The zero-order valence-corrected chi connectivity index (χ0v) is 13.4. The van der Waals surface area contributed by atoms with Crippen molar-refractivity contribution in [3.8, 4) is 11.5 Å². The number of ether oxygens (including phenoxy) is 2. The van der Waals surface area contributed by atoms with Crippen LogP contribution >= 0.6 is 0 Å². The molecule has 0 heterocycles. The molecular formula is C18H21NO4. The van der Waals surface area contributed by atoms with E-state index in [1.165, 1.54) is 14.2 Å². The van der Waals surface area contributed by atoms with E-state index in [1.54, 1.807) is 25.1 Å². The molecule has 5 nitrogen and oxygen atoms in total. The van der Waals surface area contributed by atoms with Crippen LogP contribution in [0.2, 0.25) is 0 Å². The van der Waals surface area contributed by atoms with Crippen LogP contribution in [0.5, 0.6) is 11.5 Å². The molecule has 0 spiro atoms. The smallest absolute Gasteiger partial charge is 0.251 e. The fourth-order valence-corrected chi connectivity index (χ4v) is 2.25. The summed E-state index contributed by atoms with van der Waals surface area (Å²) in [7, 11) is 3.05. The Bertz CT molecular complexity index is 635. The standard InChI is InChI=1S/C18H21NO4/c1-12(17(20)13-7-5-4-6-8-13)19-18(21)14-9-15(22-2)11-16(10-14)23-3/h4-12,17,20H,1-3H3,(H,19,21)/t12-,17-/m0/s1. The van der Waals surface area contributed by atoms with Crippen molar-refractivity contribution in [1.29, 1.82) is 0 Å². The van der Waals surface area contributed by atoms with Crippen LogP contribution in [0, 0.1) is 0 Å². The molecule has 1 amide bonds. The third-order valence-corrected chi connectivity index (χ3v) is 3.59. The fourth-order valence-electron chi connectivity index (χ4n) is 2.25. The maximum absolute atomic E-state index is 12.4. The van der Waals surface area contributed by atoms with Crippen molar-refractivity contribution >= 4 is 5.91 Å². The minimum Gasteiger partial charge on any atom is -0.497 e. The van der Waals surface area contributed by atoms with Gasteiger partial charge in [-0.25, -0.2) is 0 Å². The van der Waals surface area contributed by atoms with E-state index in [9.17, 15) is 9.90 Å². The lowest BCUT2D eigenvalue weighted by Gasteiger charge is -2.21. The number of carbonyl (C=O) groups is 1. The van der Waals surface area contributed by atoms with E-state index in [-0.39, 0.29) is 5.91 Å². The Morgan fingerprint density at radius 1 is 1.04 bits per heavy atom. The molecule has 0 aliphatic rings. The SMILES string of the molecule is COc1cc(OC)cc(C(=O)N[C@@H](C)[C@H](O)c2ccccc2)c1. The lowest BCUT2D eigenvalue weighted by atomic mass is 10.0. The summed E-state index contributed by atoms with van der Waals surface area (Å²) in [6.07, 6.45) is -0.785. The fraction of sp³-hybridized carbons (Fsp3) is 0.278. The van der Waals surface area contributed by atoms with Crippen molar-refractivity contribution in [2.75, 3.05) is 14.2 Å². The number of hydrogen-bond donors (Lipinski definition) is 2. The number of aliphatic hydroxyl groups excluding tert-OH is 1. The van der Waals surface area contributed by atoms with E-state index in [1.807, 2.05) is 30.3 Å². The Kier molecular flexibility index (Phi) is 5.60. The third-order valence-electron chi connectivity index (χ3n) is 3.59. The van der Waals surface area contributed by atoms with Gasteiger partial charge in [0, 0.05) is 11.6 Å². The molecular weight excluding hydrogens is 294 g/mol. The van der Waals surface area contributed by atoms with Crippen LogP contribution in [0.25, 0.3) is 0 Å². The lowest BCUT2D eigenvalue weighted by molar-refractivity contribution is 0.0851. The predicted molar refractivity (Wildman–Crippen MR) is 87.9 cm³/mol. The summed E-state index contributed by atoms with van der Waals surface area (Å²) in [4.78, 5) is 12.4. The first-order valence-electron chi connectivity index (χ1n) is 7.32. The molecule has 0 fully saturated rings. The summed E-state index contributed by atoms with van der Waals surface area (Å²) >= 11 is 0. The van der Waals surface area contributed by atoms with Gasteiger partial charge in [-0.1, -0.05) is 30.3 Å². The number of nitrogens with one attached hydrogen (secondary N) is 1. The van der Waals surface area contributed by atoms with Crippen molar-refractivity contribution in [3.05, 3.63) is 59.7 Å². The lowest BCUT2D eigenvalue weighted by Crippen LogP contribution is -2.37. The van der Waals surface area contributed by atoms with E-state index in [2.05, 4.69) is 5.32 Å². The number of carbonyl (C=O) groups excluding carboxylic acids is 1. The zero-order valence-electron chi connectivity index (χ0n) is 13.4. The molecule has 0 radical (unpaired) electrons. The highest BCUT2D eigenvalue weighted by Gasteiger charge is 2.19. The zero-order chi connectivity index (χ0) is 16.8. The van der Waals surface area contributed by atoms with Gasteiger partial charge in [0.25, 0.3) is 5.91 Å². The van der Waals surface area contributed by atoms with Crippen LogP contribution < -0.4 is 14.8 Å². The average Bonchev–Trinajstić information content (AvgIpc) is 2.61. The highest BCUT2D eigenvalue weighted by Crippen LogP contribution is 2.23. The largest absolute Gasteiger partial charge is 0.497 e. The maximum atomic E-state index is 12.4. The Hall–Kier alpha value is -2.53. The molecule has 0 unspecified atom stereocenters. The number of rotatable bonds is 6. The molecule has 0 aliphatic carbocycles. The molecule has 0 saturated heterocycles. The van der Waals surface area contributed by atoms with Gasteiger partial charge in [0.15, 0.2) is 0 Å². The number of aliphatic hydroxyl groups is 1. The highest BCUT2D eigenvalue weighted by molar-refractivity contribution is 5.95. The molecule has 5 heteroatoms. The Morgan fingerprint density at radius 2 is 1.61 bits per heavy atom. The van der Waals surface area contributed by atoms with E-state index >= 15 is 0 Å². The molecule has 2 rings (SSSR count). The quantitative estimate of drug-likeness (QED) is 0.859. The Balaban J connectivity index is 2.12. The van der Waals surface area contributed by atoms with Gasteiger partial charge in [-0.15, -0.1) is 0 Å². The molecule has 0 aliphatic heterocycles. The second-order valence-corrected chi connectivity index (χ2v) is 5.22. The van der Waals surface area contributed by atoms with Gasteiger partial charge in [0.2, 0.25) is 0 Å². The number of benzene rings is 2. The predicted octanol–water partition coefficient (Wildman–Crippen LogP) is 2.56. The molecule has 2 aromatic rings. The third kappa shape index (κ3) is 4.23. The van der Waals surface area contributed by atoms with Gasteiger partial charge in [-0.2, -0.15) is 0 Å². The van der Waals surface area contributed by atoms with Gasteiger partial charge < -0.3 is 19.9 Å². The number of amides is 1. The molecule has 122 valence electrons. The number of hydrogen-bond acceptors (Lipinski definition) is 4. The van der Waals surface area contributed by atoms with Crippen LogP contribution in [0.1, 0.15) is 28.9 Å². The molecule has 0 saturated carbocycles. The van der Waals surface area contributed by atoms with Crippen molar-refractivity contribution in [3.63, 3.8) is 0 Å². The van der Waals surface area contributed by atoms with E-state index in [0.717, 1.165) is 5.56 Å². The average molecular weight is 315 g/mol. The molecule has 0 aromatic heterocycles. The van der Waals surface area contributed by atoms with Crippen LogP contribution in [0.3, 0.4) is 0 Å². The van der Waals surface area contributed by atoms with Crippen molar-refractivity contribution in [2.24, 2.45) is 0 Å². The Labute approximate surface area is 135 Å². The first-order valence-corrected chi connectivity index (χ1v) is 7.32. The summed E-state index contributed by atoms with van der Waals surface area (Å²) in [6.45, 7) is 1.76. The van der Waals surface area contributed by atoms with Gasteiger partial charge in [0.05, 0.1) is 26.4 Å². The summed E-state index contributed by atoms with van der Waals surface area (Å²) in [5, 5.41) is 13.1. The summed E-state index contributed by atoms with van der Waals surface area (Å²) < 4.78 is 10.3. The number of methoxy groups -OCH3 is 2. The molecule has 2 atom stereocenters. The first-order chi connectivity index (χ1) is 11.0. The van der Waals surface area contributed by atoms with Crippen LogP contribution in [0.15, 0.2) is 48.5 Å². The topological polar surface area (TPSA) is 67.8 Å².